The first kappa shape index (κ1) is 22.5. The summed E-state index contributed by atoms with van der Waals surface area (Å²) in [6.45, 7) is 4.87. The van der Waals surface area contributed by atoms with Crippen LogP contribution in [-0.4, -0.2) is 70.1 Å². The number of benzene rings is 1. The molecule has 6 rings (SSSR count). The van der Waals surface area contributed by atoms with Gasteiger partial charge < -0.3 is 14.2 Å². The van der Waals surface area contributed by atoms with Gasteiger partial charge in [0.05, 0.1) is 25.5 Å². The van der Waals surface area contributed by atoms with E-state index < -0.39 is 0 Å². The quantitative estimate of drug-likeness (QED) is 0.430. The molecule has 0 unspecified atom stereocenters. The Morgan fingerprint density at radius 2 is 2.03 bits per heavy atom. The van der Waals surface area contributed by atoms with E-state index in [9.17, 15) is 4.79 Å². The summed E-state index contributed by atoms with van der Waals surface area (Å²) in [7, 11) is 5.90. The Morgan fingerprint density at radius 1 is 1.14 bits per heavy atom. The van der Waals surface area contributed by atoms with Crippen molar-refractivity contribution in [2.75, 3.05) is 40.5 Å². The first-order valence-corrected chi connectivity index (χ1v) is 12.9. The lowest BCUT2D eigenvalue weighted by Gasteiger charge is -2.25. The van der Waals surface area contributed by atoms with Crippen molar-refractivity contribution in [1.82, 2.24) is 23.9 Å². The summed E-state index contributed by atoms with van der Waals surface area (Å²) in [5.41, 5.74) is 4.81. The second-order valence-corrected chi connectivity index (χ2v) is 10.6. The molecule has 0 spiro atoms. The van der Waals surface area contributed by atoms with Crippen LogP contribution in [0.25, 0.3) is 21.1 Å². The van der Waals surface area contributed by atoms with E-state index in [1.807, 2.05) is 6.07 Å². The summed E-state index contributed by atoms with van der Waals surface area (Å²) in [6, 6.07) is 6.18. The second-order valence-electron chi connectivity index (χ2n) is 9.57. The van der Waals surface area contributed by atoms with E-state index in [1.54, 1.807) is 29.3 Å². The highest BCUT2D eigenvalue weighted by Crippen LogP contribution is 2.32. The zero-order valence-electron chi connectivity index (χ0n) is 20.5. The van der Waals surface area contributed by atoms with E-state index in [0.717, 1.165) is 60.7 Å². The van der Waals surface area contributed by atoms with Crippen molar-refractivity contribution >= 4 is 38.2 Å². The number of hydrogen-bond donors (Lipinski definition) is 0. The molecule has 4 aromatic rings. The Bertz CT molecular complexity index is 1510. The molecule has 0 N–H and O–H groups in total. The minimum absolute atomic E-state index is 0.1000. The van der Waals surface area contributed by atoms with Crippen LogP contribution in [-0.2, 0) is 26.6 Å². The number of nitrogens with zero attached hydrogens (tertiary/aromatic N) is 6. The van der Waals surface area contributed by atoms with Gasteiger partial charge in [-0.2, -0.15) is 0 Å². The third kappa shape index (κ3) is 3.97. The van der Waals surface area contributed by atoms with Crippen molar-refractivity contribution < 1.29 is 4.74 Å². The Kier molecular flexibility index (Phi) is 5.70. The molecule has 1 aromatic carbocycles. The zero-order valence-corrected chi connectivity index (χ0v) is 21.3. The molecule has 0 aliphatic carbocycles. The van der Waals surface area contributed by atoms with Gasteiger partial charge in [0.1, 0.15) is 10.6 Å². The fraction of sp³-hybridized carbons (Fsp3) is 0.423. The molecule has 2 aliphatic heterocycles. The Balaban J connectivity index is 1.18. The summed E-state index contributed by atoms with van der Waals surface area (Å²) in [4.78, 5) is 29.6. The molecule has 0 bridgehead atoms. The van der Waals surface area contributed by atoms with Gasteiger partial charge in [0.2, 0.25) is 0 Å². The predicted molar refractivity (Wildman–Crippen MR) is 141 cm³/mol. The van der Waals surface area contributed by atoms with Gasteiger partial charge in [-0.15, -0.1) is 11.3 Å². The second kappa shape index (κ2) is 8.89. The average Bonchev–Trinajstić information content (AvgIpc) is 3.41. The van der Waals surface area contributed by atoms with Gasteiger partial charge in [-0.05, 0) is 37.2 Å². The van der Waals surface area contributed by atoms with E-state index in [-0.39, 0.29) is 5.56 Å². The van der Waals surface area contributed by atoms with Crippen LogP contribution >= 0.6 is 11.3 Å². The summed E-state index contributed by atoms with van der Waals surface area (Å²) in [6.07, 6.45) is 5.70. The maximum absolute atomic E-state index is 13.3. The Morgan fingerprint density at radius 3 is 2.83 bits per heavy atom. The Hall–Kier alpha value is -3.01. The molecule has 3 aromatic heterocycles. The maximum Gasteiger partial charge on any atom is 0.262 e. The van der Waals surface area contributed by atoms with Crippen molar-refractivity contribution in [1.29, 1.82) is 0 Å². The highest BCUT2D eigenvalue weighted by Gasteiger charge is 2.23. The number of fused-ring (bicyclic) bond motifs is 4. The topological polar surface area (TPSA) is 67.9 Å². The molecule has 5 heterocycles. The molecule has 182 valence electrons. The van der Waals surface area contributed by atoms with Crippen LogP contribution in [0.4, 0.5) is 0 Å². The first-order valence-electron chi connectivity index (χ1n) is 12.1. The number of thiophene rings is 1. The Labute approximate surface area is 208 Å². The van der Waals surface area contributed by atoms with E-state index in [1.165, 1.54) is 26.9 Å². The number of ether oxygens (including phenoxy) is 1. The summed E-state index contributed by atoms with van der Waals surface area (Å²) >= 11 is 1.67. The molecule has 0 amide bonds. The van der Waals surface area contributed by atoms with Crippen LogP contribution < -0.4 is 10.3 Å². The largest absolute Gasteiger partial charge is 0.497 e. The SMILES string of the molecule is COc1ccc2c(c1)c(C1=NCN(CCn3cnc4sc5c(c4c3=O)CCN(C)C5)CC1)cn2C. The van der Waals surface area contributed by atoms with Crippen LogP contribution in [0.3, 0.4) is 0 Å². The van der Waals surface area contributed by atoms with E-state index in [2.05, 4.69) is 51.8 Å². The predicted octanol–water partition coefficient (Wildman–Crippen LogP) is 3.10. The number of hydrogen-bond acceptors (Lipinski definition) is 7. The molecule has 0 radical (unpaired) electrons. The fourth-order valence-electron chi connectivity index (χ4n) is 5.28. The molecule has 9 heteroatoms. The number of aromatic nitrogens is 3. The maximum atomic E-state index is 13.3. The summed E-state index contributed by atoms with van der Waals surface area (Å²) in [5, 5.41) is 2.02. The first-order chi connectivity index (χ1) is 17.0. The minimum atomic E-state index is 0.1000. The van der Waals surface area contributed by atoms with Gasteiger partial charge in [-0.25, -0.2) is 4.98 Å². The lowest BCUT2D eigenvalue weighted by molar-refractivity contribution is 0.268. The average molecular weight is 491 g/mol. The number of likely N-dealkylation sites (N-methyl/N-ethyl adjacent to an activating group) is 1. The van der Waals surface area contributed by atoms with Crippen LogP contribution in [0.5, 0.6) is 5.75 Å². The fourth-order valence-corrected chi connectivity index (χ4v) is 6.54. The van der Waals surface area contributed by atoms with Gasteiger partial charge in [0.15, 0.2) is 0 Å². The van der Waals surface area contributed by atoms with Crippen LogP contribution in [0.15, 0.2) is 40.5 Å². The van der Waals surface area contributed by atoms with Crippen molar-refractivity contribution in [2.45, 2.75) is 25.9 Å². The van der Waals surface area contributed by atoms with E-state index >= 15 is 0 Å². The lowest BCUT2D eigenvalue weighted by atomic mass is 10.0. The summed E-state index contributed by atoms with van der Waals surface area (Å²) < 4.78 is 9.37. The third-order valence-electron chi connectivity index (χ3n) is 7.31. The van der Waals surface area contributed by atoms with Crippen molar-refractivity contribution in [2.24, 2.45) is 12.0 Å². The van der Waals surface area contributed by atoms with Crippen molar-refractivity contribution in [3.05, 3.63) is 57.1 Å². The molecule has 2 aliphatic rings. The van der Waals surface area contributed by atoms with E-state index in [4.69, 9.17) is 9.73 Å². The molecule has 35 heavy (non-hydrogen) atoms. The molecule has 0 saturated carbocycles. The highest BCUT2D eigenvalue weighted by atomic mass is 32.1. The van der Waals surface area contributed by atoms with Crippen LogP contribution in [0, 0.1) is 0 Å². The van der Waals surface area contributed by atoms with Crippen LogP contribution in [0.1, 0.15) is 22.4 Å². The normalized spacial score (nSPS) is 17.2. The third-order valence-corrected chi connectivity index (χ3v) is 8.43. The van der Waals surface area contributed by atoms with Gasteiger partial charge in [-0.1, -0.05) is 0 Å². The van der Waals surface area contributed by atoms with Gasteiger partial charge in [0.25, 0.3) is 5.56 Å². The van der Waals surface area contributed by atoms with Gasteiger partial charge >= 0.3 is 0 Å². The smallest absolute Gasteiger partial charge is 0.262 e. The molecule has 0 atom stereocenters. The van der Waals surface area contributed by atoms with Crippen LogP contribution in [0.2, 0.25) is 0 Å². The monoisotopic (exact) mass is 490 g/mol. The van der Waals surface area contributed by atoms with Gasteiger partial charge in [0, 0.05) is 79.4 Å². The molecule has 8 nitrogen and oxygen atoms in total. The summed E-state index contributed by atoms with van der Waals surface area (Å²) in [5.74, 6) is 0.859. The van der Waals surface area contributed by atoms with Crippen molar-refractivity contribution in [3.63, 3.8) is 0 Å². The number of aryl methyl sites for hydroxylation is 1. The molecular weight excluding hydrogens is 460 g/mol. The number of rotatable bonds is 5. The molecule has 0 saturated heterocycles. The number of aliphatic imine (C=N–C) groups is 1. The zero-order chi connectivity index (χ0) is 24.1. The van der Waals surface area contributed by atoms with E-state index in [0.29, 0.717) is 13.2 Å². The number of methoxy groups -OCH3 is 1. The lowest BCUT2D eigenvalue weighted by Crippen LogP contribution is -2.36. The van der Waals surface area contributed by atoms with Crippen molar-refractivity contribution in [3.8, 4) is 5.75 Å². The minimum Gasteiger partial charge on any atom is -0.497 e. The highest BCUT2D eigenvalue weighted by molar-refractivity contribution is 7.18. The van der Waals surface area contributed by atoms with Gasteiger partial charge in [-0.3, -0.25) is 19.3 Å². The molecule has 0 fully saturated rings. The standard InChI is InChI=1S/C26H30N6O2S/c1-29-8-6-18-23(14-29)35-25-24(18)26(33)32(16-28-25)11-10-31-9-7-21(27-15-31)20-13-30(2)22-5-4-17(34-3)12-19(20)22/h4-5,12-13,16H,6-11,14-15H2,1-3H3. The molecular formula is C26H30N6O2S.